The highest BCUT2D eigenvalue weighted by molar-refractivity contribution is 5.74. The van der Waals surface area contributed by atoms with Crippen LogP contribution in [0.1, 0.15) is 6.42 Å². The smallest absolute Gasteiger partial charge is 0.310 e. The Kier molecular flexibility index (Phi) is 2.12. The number of fused-ring (bicyclic) bond motifs is 1. The van der Waals surface area contributed by atoms with Crippen LogP contribution in [0, 0.1) is 11.8 Å². The lowest BCUT2D eigenvalue weighted by molar-refractivity contribution is -0.154. The molecule has 1 saturated carbocycles. The molecule has 1 fully saturated rings. The maximum absolute atomic E-state index is 11.3. The quantitative estimate of drug-likeness (QED) is 0.440. The summed E-state index contributed by atoms with van der Waals surface area (Å²) in [6.45, 7) is 0.953. The van der Waals surface area contributed by atoms with Gasteiger partial charge in [0.1, 0.15) is 0 Å². The first kappa shape index (κ1) is 8.75. The number of ether oxygens (including phenoxy) is 1. The molecule has 0 aromatic rings. The third-order valence-corrected chi connectivity index (χ3v) is 3.17. The van der Waals surface area contributed by atoms with Gasteiger partial charge in [0.2, 0.25) is 0 Å². The van der Waals surface area contributed by atoms with E-state index in [2.05, 4.69) is 24.1 Å². The zero-order valence-corrected chi connectivity index (χ0v) is 8.06. The van der Waals surface area contributed by atoms with Crippen LogP contribution in [0.2, 0.25) is 0 Å². The number of nitrogens with zero attached hydrogens (tertiary/aromatic N) is 1. The maximum atomic E-state index is 11.3. The predicted molar refractivity (Wildman–Crippen MR) is 49.2 cm³/mol. The lowest BCUT2D eigenvalue weighted by atomic mass is 9.67. The normalized spacial score (nSPS) is 37.8. The molecule has 0 N–H and O–H groups in total. The SMILES string of the molecule is COC(=O)C1CC2C=CCN(C)C21. The van der Waals surface area contributed by atoms with Gasteiger partial charge in [-0.3, -0.25) is 9.69 Å². The molecule has 2 aliphatic rings. The van der Waals surface area contributed by atoms with Crippen molar-refractivity contribution in [2.24, 2.45) is 11.8 Å². The molecule has 2 rings (SSSR count). The van der Waals surface area contributed by atoms with E-state index < -0.39 is 0 Å². The highest BCUT2D eigenvalue weighted by atomic mass is 16.5. The fraction of sp³-hybridized carbons (Fsp3) is 0.700. The second-order valence-electron chi connectivity index (χ2n) is 3.89. The van der Waals surface area contributed by atoms with Gasteiger partial charge in [-0.1, -0.05) is 12.2 Å². The van der Waals surface area contributed by atoms with E-state index in [1.165, 1.54) is 7.11 Å². The molecule has 0 radical (unpaired) electrons. The van der Waals surface area contributed by atoms with E-state index in [0.29, 0.717) is 12.0 Å². The molecule has 0 bridgehead atoms. The minimum Gasteiger partial charge on any atom is -0.469 e. The third-order valence-electron chi connectivity index (χ3n) is 3.17. The van der Waals surface area contributed by atoms with Crippen molar-refractivity contribution in [2.45, 2.75) is 12.5 Å². The van der Waals surface area contributed by atoms with E-state index >= 15 is 0 Å². The Morgan fingerprint density at radius 2 is 2.38 bits per heavy atom. The number of likely N-dealkylation sites (N-methyl/N-ethyl adjacent to an activating group) is 1. The first-order valence-corrected chi connectivity index (χ1v) is 4.68. The summed E-state index contributed by atoms with van der Waals surface area (Å²) in [4.78, 5) is 13.6. The molecular formula is C10H15NO2. The lowest BCUT2D eigenvalue weighted by Gasteiger charge is -2.48. The van der Waals surface area contributed by atoms with Crippen LogP contribution in [0.25, 0.3) is 0 Å². The van der Waals surface area contributed by atoms with Crippen molar-refractivity contribution in [3.63, 3.8) is 0 Å². The number of carbonyl (C=O) groups excluding carboxylic acids is 1. The Balaban J connectivity index is 2.06. The number of carbonyl (C=O) groups is 1. The van der Waals surface area contributed by atoms with Crippen LogP contribution in [0.3, 0.4) is 0 Å². The van der Waals surface area contributed by atoms with E-state index in [-0.39, 0.29) is 11.9 Å². The van der Waals surface area contributed by atoms with E-state index in [4.69, 9.17) is 4.74 Å². The topological polar surface area (TPSA) is 29.5 Å². The first-order valence-electron chi connectivity index (χ1n) is 4.68. The number of methoxy groups -OCH3 is 1. The zero-order chi connectivity index (χ0) is 9.42. The molecule has 0 spiro atoms. The fourth-order valence-corrected chi connectivity index (χ4v) is 2.41. The van der Waals surface area contributed by atoms with Crippen molar-refractivity contribution in [1.29, 1.82) is 0 Å². The van der Waals surface area contributed by atoms with Gasteiger partial charge in [-0.2, -0.15) is 0 Å². The standard InChI is InChI=1S/C10H15NO2/c1-11-5-3-4-7-6-8(9(7)11)10(12)13-2/h3-4,7-9H,5-6H2,1-2H3. The lowest BCUT2D eigenvalue weighted by Crippen LogP contribution is -2.56. The number of hydrogen-bond donors (Lipinski definition) is 0. The van der Waals surface area contributed by atoms with Gasteiger partial charge in [-0.05, 0) is 19.4 Å². The van der Waals surface area contributed by atoms with Gasteiger partial charge in [0.25, 0.3) is 0 Å². The van der Waals surface area contributed by atoms with Gasteiger partial charge in [-0.15, -0.1) is 0 Å². The summed E-state index contributed by atoms with van der Waals surface area (Å²) < 4.78 is 4.76. The Labute approximate surface area is 78.4 Å². The molecule has 1 aliphatic heterocycles. The van der Waals surface area contributed by atoms with Gasteiger partial charge in [-0.25, -0.2) is 0 Å². The van der Waals surface area contributed by atoms with Crippen molar-refractivity contribution in [3.8, 4) is 0 Å². The van der Waals surface area contributed by atoms with Crippen LogP contribution in [-0.4, -0.2) is 37.6 Å². The molecular weight excluding hydrogens is 166 g/mol. The van der Waals surface area contributed by atoms with Crippen LogP contribution >= 0.6 is 0 Å². The summed E-state index contributed by atoms with van der Waals surface area (Å²) in [6.07, 6.45) is 5.36. The summed E-state index contributed by atoms with van der Waals surface area (Å²) >= 11 is 0. The summed E-state index contributed by atoms with van der Waals surface area (Å²) in [7, 11) is 3.53. The fourth-order valence-electron chi connectivity index (χ4n) is 2.41. The zero-order valence-electron chi connectivity index (χ0n) is 8.06. The monoisotopic (exact) mass is 181 g/mol. The minimum atomic E-state index is -0.0524. The Morgan fingerprint density at radius 3 is 3.00 bits per heavy atom. The average molecular weight is 181 g/mol. The summed E-state index contributed by atoms with van der Waals surface area (Å²) in [5, 5.41) is 0. The largest absolute Gasteiger partial charge is 0.469 e. The van der Waals surface area contributed by atoms with Crippen LogP contribution < -0.4 is 0 Å². The molecule has 3 atom stereocenters. The van der Waals surface area contributed by atoms with Crippen LogP contribution in [0.4, 0.5) is 0 Å². The van der Waals surface area contributed by atoms with Gasteiger partial charge in [0.15, 0.2) is 0 Å². The highest BCUT2D eigenvalue weighted by Gasteiger charge is 2.47. The van der Waals surface area contributed by atoms with Crippen molar-refractivity contribution in [2.75, 3.05) is 20.7 Å². The molecule has 3 unspecified atom stereocenters. The minimum absolute atomic E-state index is 0.0524. The summed E-state index contributed by atoms with van der Waals surface area (Å²) in [5.41, 5.74) is 0. The molecule has 72 valence electrons. The molecule has 0 amide bonds. The molecule has 3 heteroatoms. The van der Waals surface area contributed by atoms with Crippen molar-refractivity contribution in [1.82, 2.24) is 4.90 Å². The summed E-state index contributed by atoms with van der Waals surface area (Å²) in [6, 6.07) is 0.387. The van der Waals surface area contributed by atoms with Crippen molar-refractivity contribution < 1.29 is 9.53 Å². The molecule has 1 aliphatic carbocycles. The average Bonchev–Trinajstić information content (AvgIpc) is 2.07. The Hall–Kier alpha value is -0.830. The van der Waals surface area contributed by atoms with Crippen LogP contribution in [0.5, 0.6) is 0 Å². The maximum Gasteiger partial charge on any atom is 0.310 e. The Bertz CT molecular complexity index is 249. The Morgan fingerprint density at radius 1 is 1.62 bits per heavy atom. The number of esters is 1. The molecule has 0 saturated heterocycles. The van der Waals surface area contributed by atoms with Gasteiger partial charge in [0.05, 0.1) is 13.0 Å². The van der Waals surface area contributed by atoms with E-state index in [0.717, 1.165) is 13.0 Å². The van der Waals surface area contributed by atoms with Crippen molar-refractivity contribution in [3.05, 3.63) is 12.2 Å². The van der Waals surface area contributed by atoms with E-state index in [1.807, 2.05) is 0 Å². The third kappa shape index (κ3) is 1.27. The van der Waals surface area contributed by atoms with Crippen LogP contribution in [-0.2, 0) is 9.53 Å². The molecule has 0 aromatic carbocycles. The van der Waals surface area contributed by atoms with Gasteiger partial charge in [0, 0.05) is 12.6 Å². The number of hydrogen-bond acceptors (Lipinski definition) is 3. The van der Waals surface area contributed by atoms with Gasteiger partial charge < -0.3 is 4.74 Å². The van der Waals surface area contributed by atoms with E-state index in [1.54, 1.807) is 0 Å². The highest BCUT2D eigenvalue weighted by Crippen LogP contribution is 2.40. The molecule has 3 nitrogen and oxygen atoms in total. The van der Waals surface area contributed by atoms with Crippen molar-refractivity contribution >= 4 is 5.97 Å². The summed E-state index contributed by atoms with van der Waals surface area (Å²) in [5.74, 6) is 0.621. The molecule has 13 heavy (non-hydrogen) atoms. The number of rotatable bonds is 1. The van der Waals surface area contributed by atoms with Crippen LogP contribution in [0.15, 0.2) is 12.2 Å². The second-order valence-corrected chi connectivity index (χ2v) is 3.89. The predicted octanol–water partition coefficient (Wildman–Crippen LogP) is 0.666. The second kappa shape index (κ2) is 3.14. The van der Waals surface area contributed by atoms with Gasteiger partial charge >= 0.3 is 5.97 Å². The van der Waals surface area contributed by atoms with E-state index in [9.17, 15) is 4.79 Å². The first-order chi connectivity index (χ1) is 6.24. The molecule has 0 aromatic heterocycles. The molecule has 1 heterocycles.